The first kappa shape index (κ1) is 17.8. The molecular formula is C19H23NO4. The van der Waals surface area contributed by atoms with E-state index in [0.717, 1.165) is 5.56 Å². The Morgan fingerprint density at radius 2 is 1.71 bits per heavy atom. The van der Waals surface area contributed by atoms with Gasteiger partial charge in [0, 0.05) is 12.6 Å². The van der Waals surface area contributed by atoms with Crippen LogP contribution in [0.2, 0.25) is 0 Å². The highest BCUT2D eigenvalue weighted by Crippen LogP contribution is 2.30. The van der Waals surface area contributed by atoms with E-state index in [1.807, 2.05) is 19.1 Å². The van der Waals surface area contributed by atoms with Gasteiger partial charge in [-0.2, -0.15) is 0 Å². The van der Waals surface area contributed by atoms with E-state index < -0.39 is 6.10 Å². The number of amides is 1. The molecule has 0 saturated carbocycles. The van der Waals surface area contributed by atoms with E-state index in [2.05, 4.69) is 0 Å². The summed E-state index contributed by atoms with van der Waals surface area (Å²) in [6.07, 6.45) is -0.816. The van der Waals surface area contributed by atoms with Crippen LogP contribution in [0.25, 0.3) is 0 Å². The predicted octanol–water partition coefficient (Wildman–Crippen LogP) is 2.82. The lowest BCUT2D eigenvalue weighted by molar-refractivity contribution is 0.0680. The molecule has 0 saturated heterocycles. The highest BCUT2D eigenvalue weighted by Gasteiger charge is 2.18. The SMILES string of the molecule is COc1ccc(C(O)CN(C)C(=O)c2ccc(C)cc2)cc1OC. The zero-order valence-corrected chi connectivity index (χ0v) is 14.4. The van der Waals surface area contributed by atoms with Gasteiger partial charge in [-0.3, -0.25) is 4.79 Å². The molecule has 0 aromatic heterocycles. The number of rotatable bonds is 6. The van der Waals surface area contributed by atoms with Gasteiger partial charge >= 0.3 is 0 Å². The van der Waals surface area contributed by atoms with Gasteiger partial charge in [-0.1, -0.05) is 23.8 Å². The zero-order valence-electron chi connectivity index (χ0n) is 14.4. The maximum atomic E-state index is 12.4. The van der Waals surface area contributed by atoms with Gasteiger partial charge in [0.25, 0.3) is 5.91 Å². The smallest absolute Gasteiger partial charge is 0.253 e. The summed E-state index contributed by atoms with van der Waals surface area (Å²) < 4.78 is 10.4. The van der Waals surface area contributed by atoms with Gasteiger partial charge < -0.3 is 19.5 Å². The number of hydrogen-bond donors (Lipinski definition) is 1. The van der Waals surface area contributed by atoms with Crippen molar-refractivity contribution in [2.75, 3.05) is 27.8 Å². The molecule has 0 aliphatic carbocycles. The molecule has 0 aliphatic rings. The second-order valence-electron chi connectivity index (χ2n) is 5.68. The van der Waals surface area contributed by atoms with E-state index in [-0.39, 0.29) is 12.5 Å². The van der Waals surface area contributed by atoms with Crippen LogP contribution in [-0.2, 0) is 0 Å². The number of aliphatic hydroxyl groups excluding tert-OH is 1. The number of hydrogen-bond acceptors (Lipinski definition) is 4. The van der Waals surface area contributed by atoms with Crippen LogP contribution in [0, 0.1) is 6.92 Å². The number of carbonyl (C=O) groups excluding carboxylic acids is 1. The average Bonchev–Trinajstić information content (AvgIpc) is 2.60. The lowest BCUT2D eigenvalue weighted by atomic mass is 10.1. The molecule has 5 heteroatoms. The molecule has 1 atom stereocenters. The zero-order chi connectivity index (χ0) is 17.7. The third kappa shape index (κ3) is 4.06. The molecule has 0 radical (unpaired) electrons. The first-order valence-electron chi connectivity index (χ1n) is 7.68. The van der Waals surface area contributed by atoms with Gasteiger partial charge in [0.1, 0.15) is 0 Å². The minimum Gasteiger partial charge on any atom is -0.493 e. The van der Waals surface area contributed by atoms with Crippen molar-refractivity contribution in [2.24, 2.45) is 0 Å². The fourth-order valence-electron chi connectivity index (χ4n) is 2.42. The van der Waals surface area contributed by atoms with Crippen molar-refractivity contribution in [2.45, 2.75) is 13.0 Å². The summed E-state index contributed by atoms with van der Waals surface area (Å²) in [5.41, 5.74) is 2.36. The van der Waals surface area contributed by atoms with Crippen molar-refractivity contribution in [3.63, 3.8) is 0 Å². The van der Waals surface area contributed by atoms with Gasteiger partial charge in [0.05, 0.1) is 26.9 Å². The summed E-state index contributed by atoms with van der Waals surface area (Å²) in [6, 6.07) is 12.6. The van der Waals surface area contributed by atoms with Crippen LogP contribution >= 0.6 is 0 Å². The maximum absolute atomic E-state index is 12.4. The Labute approximate surface area is 142 Å². The van der Waals surface area contributed by atoms with E-state index in [1.165, 1.54) is 4.90 Å². The first-order chi connectivity index (χ1) is 11.5. The number of aryl methyl sites for hydroxylation is 1. The van der Waals surface area contributed by atoms with E-state index in [1.54, 1.807) is 51.6 Å². The molecule has 0 spiro atoms. The Bertz CT molecular complexity index is 697. The molecule has 128 valence electrons. The molecule has 1 amide bonds. The number of carbonyl (C=O) groups is 1. The van der Waals surface area contributed by atoms with E-state index in [0.29, 0.717) is 22.6 Å². The summed E-state index contributed by atoms with van der Waals surface area (Å²) in [4.78, 5) is 13.9. The summed E-state index contributed by atoms with van der Waals surface area (Å²) in [5.74, 6) is 1.01. The van der Waals surface area contributed by atoms with Crippen molar-refractivity contribution in [3.05, 3.63) is 59.2 Å². The lowest BCUT2D eigenvalue weighted by Crippen LogP contribution is -2.31. The van der Waals surface area contributed by atoms with Gasteiger partial charge in [-0.25, -0.2) is 0 Å². The molecule has 24 heavy (non-hydrogen) atoms. The number of ether oxygens (including phenoxy) is 2. The monoisotopic (exact) mass is 329 g/mol. The molecule has 1 unspecified atom stereocenters. The summed E-state index contributed by atoms with van der Waals surface area (Å²) in [7, 11) is 4.77. The van der Waals surface area contributed by atoms with E-state index in [9.17, 15) is 9.90 Å². The molecule has 2 aromatic rings. The molecule has 0 bridgehead atoms. The molecular weight excluding hydrogens is 306 g/mol. The predicted molar refractivity (Wildman–Crippen MR) is 92.6 cm³/mol. The van der Waals surface area contributed by atoms with Gasteiger partial charge in [-0.15, -0.1) is 0 Å². The van der Waals surface area contributed by atoms with Crippen LogP contribution in [-0.4, -0.2) is 43.7 Å². The average molecular weight is 329 g/mol. The van der Waals surface area contributed by atoms with Gasteiger partial charge in [0.15, 0.2) is 11.5 Å². The largest absolute Gasteiger partial charge is 0.493 e. The number of nitrogens with zero attached hydrogens (tertiary/aromatic N) is 1. The number of likely N-dealkylation sites (N-methyl/N-ethyl adjacent to an activating group) is 1. The maximum Gasteiger partial charge on any atom is 0.253 e. The molecule has 1 N–H and O–H groups in total. The lowest BCUT2D eigenvalue weighted by Gasteiger charge is -2.22. The fraction of sp³-hybridized carbons (Fsp3) is 0.316. The normalized spacial score (nSPS) is 11.7. The van der Waals surface area contributed by atoms with Gasteiger partial charge in [-0.05, 0) is 36.8 Å². The second-order valence-corrected chi connectivity index (χ2v) is 5.68. The highest BCUT2D eigenvalue weighted by atomic mass is 16.5. The quantitative estimate of drug-likeness (QED) is 0.885. The highest BCUT2D eigenvalue weighted by molar-refractivity contribution is 5.94. The fourth-order valence-corrected chi connectivity index (χ4v) is 2.42. The van der Waals surface area contributed by atoms with Crippen LogP contribution in [0.4, 0.5) is 0 Å². The van der Waals surface area contributed by atoms with Crippen LogP contribution in [0.5, 0.6) is 11.5 Å². The molecule has 2 aromatic carbocycles. The van der Waals surface area contributed by atoms with Crippen LogP contribution in [0.15, 0.2) is 42.5 Å². The van der Waals surface area contributed by atoms with Crippen molar-refractivity contribution < 1.29 is 19.4 Å². The van der Waals surface area contributed by atoms with Crippen LogP contribution < -0.4 is 9.47 Å². The first-order valence-corrected chi connectivity index (χ1v) is 7.68. The van der Waals surface area contributed by atoms with Crippen molar-refractivity contribution in [1.82, 2.24) is 4.90 Å². The Morgan fingerprint density at radius 3 is 2.29 bits per heavy atom. The molecule has 0 aliphatic heterocycles. The molecule has 5 nitrogen and oxygen atoms in total. The van der Waals surface area contributed by atoms with Crippen molar-refractivity contribution >= 4 is 5.91 Å². The minimum atomic E-state index is -0.816. The Balaban J connectivity index is 2.09. The van der Waals surface area contributed by atoms with Crippen molar-refractivity contribution in [3.8, 4) is 11.5 Å². The number of aliphatic hydroxyl groups is 1. The second kappa shape index (κ2) is 7.84. The third-order valence-electron chi connectivity index (χ3n) is 3.88. The molecule has 0 heterocycles. The Hall–Kier alpha value is -2.53. The molecule has 2 rings (SSSR count). The van der Waals surface area contributed by atoms with E-state index >= 15 is 0 Å². The Morgan fingerprint density at radius 1 is 1.08 bits per heavy atom. The Kier molecular flexibility index (Phi) is 5.82. The van der Waals surface area contributed by atoms with E-state index in [4.69, 9.17) is 9.47 Å². The molecule has 0 fully saturated rings. The summed E-state index contributed by atoms with van der Waals surface area (Å²) in [5, 5.41) is 10.4. The standard InChI is InChI=1S/C19H23NO4/c1-13-5-7-14(8-6-13)19(22)20(2)12-16(21)15-9-10-17(23-3)18(11-15)24-4/h5-11,16,21H,12H2,1-4H3. The van der Waals surface area contributed by atoms with Crippen LogP contribution in [0.1, 0.15) is 27.6 Å². The third-order valence-corrected chi connectivity index (χ3v) is 3.88. The topological polar surface area (TPSA) is 59.0 Å². The number of benzene rings is 2. The van der Waals surface area contributed by atoms with Gasteiger partial charge in [0.2, 0.25) is 0 Å². The van der Waals surface area contributed by atoms with Crippen LogP contribution in [0.3, 0.4) is 0 Å². The number of methoxy groups -OCH3 is 2. The van der Waals surface area contributed by atoms with Crippen molar-refractivity contribution in [1.29, 1.82) is 0 Å². The summed E-state index contributed by atoms with van der Waals surface area (Å²) in [6.45, 7) is 2.15. The minimum absolute atomic E-state index is 0.130. The summed E-state index contributed by atoms with van der Waals surface area (Å²) >= 11 is 0.